The van der Waals surface area contributed by atoms with E-state index >= 15 is 0 Å². The minimum atomic E-state index is -0.864. The topological polar surface area (TPSA) is 26.3 Å². The molecule has 2 rings (SSSR count). The maximum Gasteiger partial charge on any atom is 0.188 e. The maximum atomic E-state index is 13.6. The van der Waals surface area contributed by atoms with E-state index in [-0.39, 0.29) is 17.1 Å². The first kappa shape index (κ1) is 13.6. The molecule has 4 heteroatoms. The zero-order valence-electron chi connectivity index (χ0n) is 10.3. The SMILES string of the molecule is COc1c(F)cccc1C(=O)C(Cl)c1ccccc1. The molecule has 0 fully saturated rings. The second-order valence-electron chi connectivity index (χ2n) is 3.96. The van der Waals surface area contributed by atoms with Crippen LogP contribution in [0.15, 0.2) is 48.5 Å². The quantitative estimate of drug-likeness (QED) is 0.624. The van der Waals surface area contributed by atoms with Crippen LogP contribution < -0.4 is 4.74 Å². The molecule has 0 aliphatic heterocycles. The molecule has 0 bridgehead atoms. The van der Waals surface area contributed by atoms with Crippen LogP contribution in [0.4, 0.5) is 4.39 Å². The van der Waals surface area contributed by atoms with E-state index < -0.39 is 11.2 Å². The molecule has 98 valence electrons. The summed E-state index contributed by atoms with van der Waals surface area (Å²) in [6.45, 7) is 0. The molecule has 2 nitrogen and oxygen atoms in total. The van der Waals surface area contributed by atoms with Gasteiger partial charge in [-0.15, -0.1) is 11.6 Å². The van der Waals surface area contributed by atoms with Gasteiger partial charge in [-0.3, -0.25) is 4.79 Å². The average molecular weight is 279 g/mol. The van der Waals surface area contributed by atoms with E-state index in [1.54, 1.807) is 24.3 Å². The Kier molecular flexibility index (Phi) is 4.17. The van der Waals surface area contributed by atoms with Crippen molar-refractivity contribution in [2.45, 2.75) is 5.38 Å². The molecule has 2 aromatic carbocycles. The van der Waals surface area contributed by atoms with Gasteiger partial charge in [-0.25, -0.2) is 4.39 Å². The molecule has 0 heterocycles. The van der Waals surface area contributed by atoms with Gasteiger partial charge < -0.3 is 4.74 Å². The van der Waals surface area contributed by atoms with Gasteiger partial charge in [-0.05, 0) is 17.7 Å². The van der Waals surface area contributed by atoms with Crippen LogP contribution in [0.3, 0.4) is 0 Å². The lowest BCUT2D eigenvalue weighted by atomic mass is 10.0. The molecular weight excluding hydrogens is 267 g/mol. The summed E-state index contributed by atoms with van der Waals surface area (Å²) in [6, 6.07) is 13.1. The number of carbonyl (C=O) groups is 1. The highest BCUT2D eigenvalue weighted by atomic mass is 35.5. The van der Waals surface area contributed by atoms with E-state index in [0.717, 1.165) is 0 Å². The molecule has 1 atom stereocenters. The third-order valence-corrected chi connectivity index (χ3v) is 3.21. The summed E-state index contributed by atoms with van der Waals surface area (Å²) in [5.41, 5.74) is 0.812. The van der Waals surface area contributed by atoms with Crippen LogP contribution in [0.25, 0.3) is 0 Å². The number of benzene rings is 2. The van der Waals surface area contributed by atoms with E-state index in [0.29, 0.717) is 5.56 Å². The fraction of sp³-hybridized carbons (Fsp3) is 0.133. The van der Waals surface area contributed by atoms with Crippen molar-refractivity contribution in [2.24, 2.45) is 0 Å². The highest BCUT2D eigenvalue weighted by Crippen LogP contribution is 2.30. The van der Waals surface area contributed by atoms with Gasteiger partial charge >= 0.3 is 0 Å². The smallest absolute Gasteiger partial charge is 0.188 e. The highest BCUT2D eigenvalue weighted by molar-refractivity contribution is 6.34. The largest absolute Gasteiger partial charge is 0.493 e. The molecule has 0 aliphatic rings. The van der Waals surface area contributed by atoms with Crippen LogP contribution in [0.1, 0.15) is 21.3 Å². The van der Waals surface area contributed by atoms with E-state index in [9.17, 15) is 9.18 Å². The third kappa shape index (κ3) is 2.76. The Balaban J connectivity index is 2.37. The van der Waals surface area contributed by atoms with Gasteiger partial charge in [0, 0.05) is 0 Å². The van der Waals surface area contributed by atoms with Gasteiger partial charge in [0.15, 0.2) is 17.3 Å². The Morgan fingerprint density at radius 2 is 1.84 bits per heavy atom. The lowest BCUT2D eigenvalue weighted by Crippen LogP contribution is -2.10. The molecule has 0 spiro atoms. The molecule has 19 heavy (non-hydrogen) atoms. The normalized spacial score (nSPS) is 11.9. The van der Waals surface area contributed by atoms with Crippen molar-refractivity contribution < 1.29 is 13.9 Å². The average Bonchev–Trinajstić information content (AvgIpc) is 2.46. The van der Waals surface area contributed by atoms with Gasteiger partial charge in [0.25, 0.3) is 0 Å². The number of Topliss-reactive ketones (excluding diaryl/α,β-unsaturated/α-hetero) is 1. The Bertz CT molecular complexity index is 584. The highest BCUT2D eigenvalue weighted by Gasteiger charge is 2.23. The number of rotatable bonds is 4. The Morgan fingerprint density at radius 1 is 1.16 bits per heavy atom. The fourth-order valence-corrected chi connectivity index (χ4v) is 2.08. The van der Waals surface area contributed by atoms with Gasteiger partial charge in [-0.2, -0.15) is 0 Å². The summed E-state index contributed by atoms with van der Waals surface area (Å²) in [5.74, 6) is -1.04. The minimum absolute atomic E-state index is 0.0749. The molecule has 0 aliphatic carbocycles. The van der Waals surface area contributed by atoms with Crippen molar-refractivity contribution in [2.75, 3.05) is 7.11 Å². The van der Waals surface area contributed by atoms with Crippen molar-refractivity contribution in [3.8, 4) is 5.75 Å². The number of alkyl halides is 1. The second kappa shape index (κ2) is 5.85. The first-order valence-electron chi connectivity index (χ1n) is 5.71. The van der Waals surface area contributed by atoms with Crippen LogP contribution in [-0.4, -0.2) is 12.9 Å². The maximum absolute atomic E-state index is 13.6. The van der Waals surface area contributed by atoms with Crippen LogP contribution in [0.5, 0.6) is 5.75 Å². The zero-order chi connectivity index (χ0) is 13.8. The van der Waals surface area contributed by atoms with Gasteiger partial charge in [0.05, 0.1) is 12.7 Å². The first-order chi connectivity index (χ1) is 9.15. The van der Waals surface area contributed by atoms with Crippen LogP contribution in [0.2, 0.25) is 0 Å². The monoisotopic (exact) mass is 278 g/mol. The summed E-state index contributed by atoms with van der Waals surface area (Å²) in [5, 5.41) is -0.864. The van der Waals surface area contributed by atoms with E-state index in [2.05, 4.69) is 0 Å². The van der Waals surface area contributed by atoms with Crippen LogP contribution in [0, 0.1) is 5.82 Å². The molecule has 1 unspecified atom stereocenters. The molecule has 0 N–H and O–H groups in total. The molecular formula is C15H12ClFO2. The Hall–Kier alpha value is -1.87. The molecule has 0 saturated heterocycles. The molecule has 0 saturated carbocycles. The summed E-state index contributed by atoms with van der Waals surface area (Å²) >= 11 is 6.14. The summed E-state index contributed by atoms with van der Waals surface area (Å²) in [4.78, 5) is 12.3. The molecule has 0 aromatic heterocycles. The van der Waals surface area contributed by atoms with Crippen molar-refractivity contribution in [1.29, 1.82) is 0 Å². The number of para-hydroxylation sites is 1. The molecule has 2 aromatic rings. The lowest BCUT2D eigenvalue weighted by Gasteiger charge is -2.12. The number of hydrogen-bond acceptors (Lipinski definition) is 2. The summed E-state index contributed by atoms with van der Waals surface area (Å²) in [7, 11) is 1.32. The Morgan fingerprint density at radius 3 is 2.47 bits per heavy atom. The number of hydrogen-bond donors (Lipinski definition) is 0. The predicted octanol–water partition coefficient (Wildman–Crippen LogP) is 4.00. The van der Waals surface area contributed by atoms with Crippen LogP contribution in [-0.2, 0) is 0 Å². The van der Waals surface area contributed by atoms with E-state index in [1.165, 1.54) is 25.3 Å². The number of ether oxygens (including phenoxy) is 1. The van der Waals surface area contributed by atoms with Gasteiger partial charge in [-0.1, -0.05) is 36.4 Å². The fourth-order valence-electron chi connectivity index (χ4n) is 1.82. The predicted molar refractivity (Wildman–Crippen MR) is 72.3 cm³/mol. The summed E-state index contributed by atoms with van der Waals surface area (Å²) in [6.07, 6.45) is 0. The minimum Gasteiger partial charge on any atom is -0.493 e. The Labute approximate surface area is 115 Å². The zero-order valence-corrected chi connectivity index (χ0v) is 11.0. The number of halogens is 2. The van der Waals surface area contributed by atoms with Crippen molar-refractivity contribution in [1.82, 2.24) is 0 Å². The first-order valence-corrected chi connectivity index (χ1v) is 6.14. The second-order valence-corrected chi connectivity index (χ2v) is 4.39. The molecule has 0 radical (unpaired) electrons. The van der Waals surface area contributed by atoms with Crippen molar-refractivity contribution >= 4 is 17.4 Å². The lowest BCUT2D eigenvalue weighted by molar-refractivity contribution is 0.0983. The van der Waals surface area contributed by atoms with Crippen molar-refractivity contribution in [3.05, 3.63) is 65.5 Å². The van der Waals surface area contributed by atoms with E-state index in [1.807, 2.05) is 6.07 Å². The summed E-state index contributed by atoms with van der Waals surface area (Å²) < 4.78 is 18.5. The number of ketones is 1. The van der Waals surface area contributed by atoms with Crippen LogP contribution >= 0.6 is 11.6 Å². The molecule has 0 amide bonds. The third-order valence-electron chi connectivity index (χ3n) is 2.76. The number of carbonyl (C=O) groups excluding carboxylic acids is 1. The van der Waals surface area contributed by atoms with Crippen molar-refractivity contribution in [3.63, 3.8) is 0 Å². The van der Waals surface area contributed by atoms with E-state index in [4.69, 9.17) is 16.3 Å². The van der Waals surface area contributed by atoms with Gasteiger partial charge in [0.2, 0.25) is 0 Å². The number of methoxy groups -OCH3 is 1. The van der Waals surface area contributed by atoms with Gasteiger partial charge in [0.1, 0.15) is 5.38 Å². The standard InChI is InChI=1S/C15H12ClFO2/c1-19-15-11(8-5-9-12(15)17)14(18)13(16)10-6-3-2-4-7-10/h2-9,13H,1H3.